The molecule has 0 bridgehead atoms. The lowest BCUT2D eigenvalue weighted by Crippen LogP contribution is -2.36. The van der Waals surface area contributed by atoms with Gasteiger partial charge < -0.3 is 10.2 Å². The van der Waals surface area contributed by atoms with E-state index in [4.69, 9.17) is 0 Å². The number of fused-ring (bicyclic) bond motifs is 1. The Morgan fingerprint density at radius 2 is 1.93 bits per heavy atom. The normalized spacial score (nSPS) is 16.0. The summed E-state index contributed by atoms with van der Waals surface area (Å²) in [6.07, 6.45) is 0. The summed E-state index contributed by atoms with van der Waals surface area (Å²) in [7, 11) is 1.84. The predicted molar refractivity (Wildman–Crippen MR) is 106 cm³/mol. The second-order valence-electron chi connectivity index (χ2n) is 7.17. The van der Waals surface area contributed by atoms with Crippen LogP contribution in [0.3, 0.4) is 0 Å². The highest BCUT2D eigenvalue weighted by Gasteiger charge is 2.22. The Balaban J connectivity index is 1.55. The van der Waals surface area contributed by atoms with Crippen LogP contribution in [-0.2, 0) is 19.6 Å². The summed E-state index contributed by atoms with van der Waals surface area (Å²) in [5, 5.41) is 7.93. The minimum Gasteiger partial charge on any atom is -0.336 e. The van der Waals surface area contributed by atoms with E-state index < -0.39 is 0 Å². The Bertz CT molecular complexity index is 948. The van der Waals surface area contributed by atoms with Gasteiger partial charge in [-0.15, -0.1) is 0 Å². The molecule has 0 radical (unpaired) electrons. The third-order valence-corrected chi connectivity index (χ3v) is 5.02. The van der Waals surface area contributed by atoms with E-state index in [-0.39, 0.29) is 5.91 Å². The molecule has 5 heteroatoms. The van der Waals surface area contributed by atoms with Gasteiger partial charge in [0.1, 0.15) is 0 Å². The number of carbonyl (C=O) groups excluding carboxylic acids is 1. The van der Waals surface area contributed by atoms with Crippen molar-refractivity contribution in [3.05, 3.63) is 77.6 Å². The fraction of sp³-hybridized carbons (Fsp3) is 0.273. The molecule has 1 aliphatic heterocycles. The van der Waals surface area contributed by atoms with Crippen LogP contribution in [0.1, 0.15) is 28.7 Å². The van der Waals surface area contributed by atoms with Crippen molar-refractivity contribution in [3.8, 4) is 11.1 Å². The van der Waals surface area contributed by atoms with Crippen molar-refractivity contribution in [1.82, 2.24) is 20.0 Å². The van der Waals surface area contributed by atoms with Crippen LogP contribution in [-0.4, -0.2) is 33.7 Å². The molecule has 0 saturated heterocycles. The van der Waals surface area contributed by atoms with E-state index in [9.17, 15) is 4.79 Å². The monoisotopic (exact) mass is 360 g/mol. The first-order valence-corrected chi connectivity index (χ1v) is 9.30. The molecule has 1 aromatic heterocycles. The lowest BCUT2D eigenvalue weighted by atomic mass is 9.99. The van der Waals surface area contributed by atoms with Crippen LogP contribution >= 0.6 is 0 Å². The summed E-state index contributed by atoms with van der Waals surface area (Å²) >= 11 is 0. The van der Waals surface area contributed by atoms with Gasteiger partial charge in [-0.2, -0.15) is 5.10 Å². The van der Waals surface area contributed by atoms with E-state index in [1.807, 2.05) is 48.1 Å². The smallest absolute Gasteiger partial charge is 0.274 e. The van der Waals surface area contributed by atoms with E-state index in [2.05, 4.69) is 41.6 Å². The molecule has 3 aromatic rings. The predicted octanol–water partition coefficient (Wildman–Crippen LogP) is 3.31. The van der Waals surface area contributed by atoms with E-state index in [1.54, 1.807) is 4.90 Å². The molecule has 1 N–H and O–H groups in total. The summed E-state index contributed by atoms with van der Waals surface area (Å²) in [4.78, 5) is 14.7. The first-order chi connectivity index (χ1) is 13.1. The van der Waals surface area contributed by atoms with Crippen LogP contribution in [0.25, 0.3) is 11.1 Å². The Morgan fingerprint density at radius 1 is 1.19 bits per heavy atom. The Hall–Kier alpha value is -2.92. The molecule has 1 amide bonds. The second-order valence-corrected chi connectivity index (χ2v) is 7.17. The third-order valence-electron chi connectivity index (χ3n) is 5.02. The van der Waals surface area contributed by atoms with Crippen LogP contribution in [0.4, 0.5) is 0 Å². The lowest BCUT2D eigenvalue weighted by molar-refractivity contribution is 0.0778. The van der Waals surface area contributed by atoms with Crippen molar-refractivity contribution in [3.63, 3.8) is 0 Å². The number of rotatable bonds is 4. The number of aromatic nitrogens is 2. The maximum atomic E-state index is 12.9. The molecular formula is C22H24N4O. The average Bonchev–Trinajstić information content (AvgIpc) is 3.11. The minimum atomic E-state index is -0.0487. The molecule has 0 spiro atoms. The van der Waals surface area contributed by atoms with Gasteiger partial charge in [0.2, 0.25) is 0 Å². The van der Waals surface area contributed by atoms with E-state index >= 15 is 0 Å². The zero-order valence-electron chi connectivity index (χ0n) is 15.7. The summed E-state index contributed by atoms with van der Waals surface area (Å²) in [6.45, 7) is 4.21. The molecule has 1 atom stereocenters. The molecule has 2 heterocycles. The van der Waals surface area contributed by atoms with Crippen LogP contribution in [0, 0.1) is 0 Å². The number of nitrogens with zero attached hydrogens (tertiary/aromatic N) is 3. The number of nitrogens with one attached hydrogen (secondary N) is 1. The SMILES string of the molecule is CC1Cn2nc(C(=O)N(C)Cc3ccccc3-c3ccccc3)cc2CN1. The van der Waals surface area contributed by atoms with Gasteiger partial charge in [0, 0.05) is 26.2 Å². The first-order valence-electron chi connectivity index (χ1n) is 9.30. The van der Waals surface area contributed by atoms with E-state index in [0.29, 0.717) is 18.3 Å². The second kappa shape index (κ2) is 7.37. The zero-order chi connectivity index (χ0) is 18.8. The van der Waals surface area contributed by atoms with Crippen LogP contribution < -0.4 is 5.32 Å². The molecule has 0 aliphatic carbocycles. The van der Waals surface area contributed by atoms with Gasteiger partial charge in [0.15, 0.2) is 5.69 Å². The maximum Gasteiger partial charge on any atom is 0.274 e. The van der Waals surface area contributed by atoms with Crippen LogP contribution in [0.15, 0.2) is 60.7 Å². The first kappa shape index (κ1) is 17.5. The van der Waals surface area contributed by atoms with Gasteiger partial charge in [0.05, 0.1) is 12.2 Å². The number of carbonyl (C=O) groups is 1. The molecule has 0 fully saturated rings. The molecule has 2 aromatic carbocycles. The largest absolute Gasteiger partial charge is 0.336 e. The summed E-state index contributed by atoms with van der Waals surface area (Å²) < 4.78 is 1.94. The molecule has 5 nitrogen and oxygen atoms in total. The van der Waals surface area contributed by atoms with Gasteiger partial charge in [-0.05, 0) is 29.7 Å². The van der Waals surface area contributed by atoms with Gasteiger partial charge >= 0.3 is 0 Å². The lowest BCUT2D eigenvalue weighted by Gasteiger charge is -2.21. The Kier molecular flexibility index (Phi) is 4.77. The van der Waals surface area contributed by atoms with Crippen molar-refractivity contribution in [2.75, 3.05) is 7.05 Å². The summed E-state index contributed by atoms with van der Waals surface area (Å²) in [6, 6.07) is 20.8. The Labute approximate surface area is 159 Å². The van der Waals surface area contributed by atoms with Crippen molar-refractivity contribution in [2.45, 2.75) is 32.6 Å². The van der Waals surface area contributed by atoms with E-state index in [1.165, 1.54) is 0 Å². The van der Waals surface area contributed by atoms with Crippen molar-refractivity contribution >= 4 is 5.91 Å². The highest BCUT2D eigenvalue weighted by Crippen LogP contribution is 2.24. The number of hydrogen-bond donors (Lipinski definition) is 1. The molecule has 1 unspecified atom stereocenters. The van der Waals surface area contributed by atoms with E-state index in [0.717, 1.165) is 35.5 Å². The zero-order valence-corrected chi connectivity index (χ0v) is 15.7. The quantitative estimate of drug-likeness (QED) is 0.777. The third kappa shape index (κ3) is 3.64. The van der Waals surface area contributed by atoms with Gasteiger partial charge in [-0.1, -0.05) is 54.6 Å². The molecule has 4 rings (SSSR count). The standard InChI is InChI=1S/C22H24N4O/c1-16-14-26-19(13-23-16)12-21(24-26)22(27)25(2)15-18-10-6-7-11-20(18)17-8-4-3-5-9-17/h3-12,16,23H,13-15H2,1-2H3. The average molecular weight is 360 g/mol. The van der Waals surface area contributed by atoms with Gasteiger partial charge in [-0.25, -0.2) is 0 Å². The van der Waals surface area contributed by atoms with Crippen LogP contribution in [0.2, 0.25) is 0 Å². The highest BCUT2D eigenvalue weighted by atomic mass is 16.2. The summed E-state index contributed by atoms with van der Waals surface area (Å²) in [5.74, 6) is -0.0487. The van der Waals surface area contributed by atoms with Crippen LogP contribution in [0.5, 0.6) is 0 Å². The van der Waals surface area contributed by atoms with Crippen molar-refractivity contribution < 1.29 is 4.79 Å². The highest BCUT2D eigenvalue weighted by molar-refractivity contribution is 5.92. The maximum absolute atomic E-state index is 12.9. The summed E-state index contributed by atoms with van der Waals surface area (Å²) in [5.41, 5.74) is 5.01. The van der Waals surface area contributed by atoms with Gasteiger partial charge in [0.25, 0.3) is 5.91 Å². The fourth-order valence-electron chi connectivity index (χ4n) is 3.54. The number of benzene rings is 2. The molecular weight excluding hydrogens is 336 g/mol. The molecule has 0 saturated carbocycles. The van der Waals surface area contributed by atoms with Crippen molar-refractivity contribution in [1.29, 1.82) is 0 Å². The topological polar surface area (TPSA) is 50.2 Å². The fourth-order valence-corrected chi connectivity index (χ4v) is 3.54. The molecule has 138 valence electrons. The van der Waals surface area contributed by atoms with Crippen molar-refractivity contribution in [2.24, 2.45) is 0 Å². The molecule has 27 heavy (non-hydrogen) atoms. The Morgan fingerprint density at radius 3 is 2.74 bits per heavy atom. The number of hydrogen-bond acceptors (Lipinski definition) is 3. The number of amides is 1. The molecule has 1 aliphatic rings. The van der Waals surface area contributed by atoms with Gasteiger partial charge in [-0.3, -0.25) is 9.48 Å². The minimum absolute atomic E-state index is 0.0487.